The van der Waals surface area contributed by atoms with Crippen LogP contribution in [0.5, 0.6) is 5.75 Å². The number of rotatable bonds is 8. The zero-order chi connectivity index (χ0) is 24.1. The number of hydrogen-bond donors (Lipinski definition) is 1. The highest BCUT2D eigenvalue weighted by Crippen LogP contribution is 2.28. The maximum absolute atomic E-state index is 12.5. The van der Waals surface area contributed by atoms with Gasteiger partial charge in [0.05, 0.1) is 23.5 Å². The lowest BCUT2D eigenvalue weighted by atomic mass is 10.1. The van der Waals surface area contributed by atoms with Crippen molar-refractivity contribution in [3.05, 3.63) is 81.3 Å². The molecule has 0 saturated carbocycles. The van der Waals surface area contributed by atoms with Crippen LogP contribution in [0.2, 0.25) is 5.02 Å². The molecule has 0 aliphatic rings. The number of nitrogens with zero attached hydrogens (tertiary/aromatic N) is 3. The van der Waals surface area contributed by atoms with E-state index in [0.717, 1.165) is 22.1 Å². The van der Waals surface area contributed by atoms with Crippen LogP contribution in [0.4, 0.5) is 5.69 Å². The van der Waals surface area contributed by atoms with Gasteiger partial charge < -0.3 is 10.1 Å². The number of benzene rings is 3. The molecule has 0 atom stereocenters. The Morgan fingerprint density at radius 1 is 1.12 bits per heavy atom. The van der Waals surface area contributed by atoms with E-state index in [1.165, 1.54) is 24.5 Å². The molecule has 34 heavy (non-hydrogen) atoms. The Kier molecular flexibility index (Phi) is 7.65. The minimum atomic E-state index is -0.321. The van der Waals surface area contributed by atoms with E-state index in [2.05, 4.69) is 50.5 Å². The van der Waals surface area contributed by atoms with Crippen molar-refractivity contribution < 1.29 is 9.53 Å². The van der Waals surface area contributed by atoms with E-state index in [-0.39, 0.29) is 5.91 Å². The van der Waals surface area contributed by atoms with Gasteiger partial charge in [0, 0.05) is 16.1 Å². The van der Waals surface area contributed by atoms with E-state index in [0.29, 0.717) is 27.5 Å². The monoisotopic (exact) mass is 538 g/mol. The summed E-state index contributed by atoms with van der Waals surface area (Å²) in [6.07, 6.45) is 6.52. The number of aromatic nitrogens is 3. The van der Waals surface area contributed by atoms with Gasteiger partial charge in [-0.3, -0.25) is 4.79 Å². The fourth-order valence-electron chi connectivity index (χ4n) is 3.50. The maximum Gasteiger partial charge on any atom is 0.248 e. The zero-order valence-electron chi connectivity index (χ0n) is 18.9. The second-order valence-corrected chi connectivity index (χ2v) is 9.11. The number of ether oxygens (including phenoxy) is 1. The summed E-state index contributed by atoms with van der Waals surface area (Å²) in [4.78, 5) is 14.1. The summed E-state index contributed by atoms with van der Waals surface area (Å²) in [5.74, 6) is 0.347. The molecule has 1 amide bonds. The molecule has 0 saturated heterocycles. The van der Waals surface area contributed by atoms with Gasteiger partial charge in [-0.1, -0.05) is 53.0 Å². The zero-order valence-corrected chi connectivity index (χ0v) is 21.2. The SMILES string of the molecule is CCCCc1ccc(-n2nc3cc(Cl)c(NC(=O)/C=C/c4cc(Br)ccc4OC)cc3n2)cc1. The van der Waals surface area contributed by atoms with Crippen LogP contribution in [0.3, 0.4) is 0 Å². The molecule has 4 rings (SSSR count). The van der Waals surface area contributed by atoms with Crippen molar-refractivity contribution in [2.75, 3.05) is 12.4 Å². The molecule has 0 radical (unpaired) electrons. The van der Waals surface area contributed by atoms with Crippen molar-refractivity contribution in [3.63, 3.8) is 0 Å². The minimum absolute atomic E-state index is 0.321. The second-order valence-electron chi connectivity index (χ2n) is 7.79. The first-order chi connectivity index (χ1) is 16.5. The molecule has 0 unspecified atom stereocenters. The van der Waals surface area contributed by atoms with Crippen molar-refractivity contribution in [1.82, 2.24) is 15.0 Å². The predicted molar refractivity (Wildman–Crippen MR) is 141 cm³/mol. The van der Waals surface area contributed by atoms with E-state index in [1.807, 2.05) is 30.3 Å². The Morgan fingerprint density at radius 3 is 2.56 bits per heavy atom. The third kappa shape index (κ3) is 5.66. The summed E-state index contributed by atoms with van der Waals surface area (Å²) in [5, 5.41) is 12.3. The van der Waals surface area contributed by atoms with Crippen LogP contribution in [0, 0.1) is 0 Å². The number of fused-ring (bicyclic) bond motifs is 1. The molecule has 0 aliphatic heterocycles. The molecule has 1 N–H and O–H groups in total. The van der Waals surface area contributed by atoms with E-state index in [9.17, 15) is 4.79 Å². The van der Waals surface area contributed by atoms with Crippen molar-refractivity contribution >= 4 is 56.2 Å². The van der Waals surface area contributed by atoms with Gasteiger partial charge in [0.25, 0.3) is 0 Å². The molecule has 1 aromatic heterocycles. The van der Waals surface area contributed by atoms with E-state index >= 15 is 0 Å². The van der Waals surface area contributed by atoms with Crippen molar-refractivity contribution in [2.24, 2.45) is 0 Å². The molecule has 0 aliphatic carbocycles. The number of halogens is 2. The first-order valence-electron chi connectivity index (χ1n) is 11.0. The topological polar surface area (TPSA) is 69.0 Å². The highest BCUT2D eigenvalue weighted by molar-refractivity contribution is 9.10. The number of hydrogen-bond acceptors (Lipinski definition) is 4. The Morgan fingerprint density at radius 2 is 1.85 bits per heavy atom. The number of anilines is 1. The van der Waals surface area contributed by atoms with Gasteiger partial charge in [0.2, 0.25) is 5.91 Å². The number of amides is 1. The standard InChI is InChI=1S/C26H24BrClN4O2/c1-3-4-5-17-6-10-20(11-7-17)32-30-23-15-21(28)22(16-24(23)31-32)29-26(33)13-8-18-14-19(27)9-12-25(18)34-2/h6-16H,3-5H2,1-2H3,(H,29,33)/b13-8+. The summed E-state index contributed by atoms with van der Waals surface area (Å²) in [5.41, 5.74) is 4.68. The van der Waals surface area contributed by atoms with Crippen LogP contribution in [0.25, 0.3) is 22.8 Å². The highest BCUT2D eigenvalue weighted by atomic mass is 79.9. The van der Waals surface area contributed by atoms with E-state index < -0.39 is 0 Å². The van der Waals surface area contributed by atoms with Crippen LogP contribution in [-0.2, 0) is 11.2 Å². The first-order valence-corrected chi connectivity index (χ1v) is 12.1. The molecule has 1 heterocycles. The van der Waals surface area contributed by atoms with Gasteiger partial charge in [0.15, 0.2) is 0 Å². The Labute approximate surface area is 211 Å². The summed E-state index contributed by atoms with van der Waals surface area (Å²) >= 11 is 9.84. The fraction of sp³-hybridized carbons (Fsp3) is 0.192. The smallest absolute Gasteiger partial charge is 0.248 e. The average Bonchev–Trinajstić information content (AvgIpc) is 3.24. The number of carbonyl (C=O) groups excluding carboxylic acids is 1. The Hall–Kier alpha value is -3.16. The highest BCUT2D eigenvalue weighted by Gasteiger charge is 2.11. The van der Waals surface area contributed by atoms with Crippen LogP contribution in [-0.4, -0.2) is 28.0 Å². The van der Waals surface area contributed by atoms with E-state index in [1.54, 1.807) is 30.1 Å². The molecule has 6 nitrogen and oxygen atoms in total. The van der Waals surface area contributed by atoms with Crippen molar-refractivity contribution in [1.29, 1.82) is 0 Å². The maximum atomic E-state index is 12.5. The molecule has 8 heteroatoms. The lowest BCUT2D eigenvalue weighted by Crippen LogP contribution is -2.08. The number of aryl methyl sites for hydroxylation is 1. The van der Waals surface area contributed by atoms with Crippen LogP contribution >= 0.6 is 27.5 Å². The summed E-state index contributed by atoms with van der Waals surface area (Å²) in [6.45, 7) is 2.19. The molecule has 4 aromatic rings. The number of methoxy groups -OCH3 is 1. The van der Waals surface area contributed by atoms with Gasteiger partial charge in [-0.05, 0) is 66.9 Å². The fourth-order valence-corrected chi connectivity index (χ4v) is 4.09. The largest absolute Gasteiger partial charge is 0.496 e. The number of nitrogens with one attached hydrogen (secondary N) is 1. The summed E-state index contributed by atoms with van der Waals surface area (Å²) < 4.78 is 6.23. The van der Waals surface area contributed by atoms with Crippen LogP contribution in [0.15, 0.2) is 65.1 Å². The average molecular weight is 540 g/mol. The van der Waals surface area contributed by atoms with Gasteiger partial charge in [-0.2, -0.15) is 4.80 Å². The van der Waals surface area contributed by atoms with Gasteiger partial charge >= 0.3 is 0 Å². The second kappa shape index (κ2) is 10.8. The number of unbranched alkanes of at least 4 members (excludes halogenated alkanes) is 1. The summed E-state index contributed by atoms with van der Waals surface area (Å²) in [6, 6.07) is 17.2. The van der Waals surface area contributed by atoms with Gasteiger partial charge in [-0.15, -0.1) is 10.2 Å². The Bertz CT molecular complexity index is 1350. The third-order valence-corrected chi connectivity index (χ3v) is 6.13. The van der Waals surface area contributed by atoms with Crippen molar-refractivity contribution in [2.45, 2.75) is 26.2 Å². The molecular formula is C26H24BrClN4O2. The molecule has 174 valence electrons. The third-order valence-electron chi connectivity index (χ3n) is 5.32. The molecule has 0 bridgehead atoms. The molecule has 0 fully saturated rings. The lowest BCUT2D eigenvalue weighted by Gasteiger charge is -2.06. The lowest BCUT2D eigenvalue weighted by molar-refractivity contribution is -0.111. The van der Waals surface area contributed by atoms with Gasteiger partial charge in [0.1, 0.15) is 16.8 Å². The van der Waals surface area contributed by atoms with Crippen molar-refractivity contribution in [3.8, 4) is 11.4 Å². The first kappa shape index (κ1) is 24.0. The minimum Gasteiger partial charge on any atom is -0.496 e. The van der Waals surface area contributed by atoms with Crippen LogP contribution in [0.1, 0.15) is 30.9 Å². The quantitative estimate of drug-likeness (QED) is 0.249. The number of carbonyl (C=O) groups is 1. The summed E-state index contributed by atoms with van der Waals surface area (Å²) in [7, 11) is 1.59. The van der Waals surface area contributed by atoms with Crippen LogP contribution < -0.4 is 10.1 Å². The molecular weight excluding hydrogens is 516 g/mol. The van der Waals surface area contributed by atoms with E-state index in [4.69, 9.17) is 16.3 Å². The normalized spacial score (nSPS) is 11.3. The Balaban J connectivity index is 1.52. The van der Waals surface area contributed by atoms with Gasteiger partial charge in [-0.25, -0.2) is 0 Å². The predicted octanol–water partition coefficient (Wildman–Crippen LogP) is 6.84. The molecule has 0 spiro atoms. The molecule has 3 aromatic carbocycles.